The number of carbonyl (C=O) groups is 3. The molecule has 7 heteroatoms. The molecule has 2 fully saturated rings. The van der Waals surface area contributed by atoms with Gasteiger partial charge in [-0.3, -0.25) is 14.4 Å². The van der Waals surface area contributed by atoms with Crippen molar-refractivity contribution < 1.29 is 24.2 Å². The Morgan fingerprint density at radius 1 is 1.23 bits per heavy atom. The zero-order valence-electron chi connectivity index (χ0n) is 15.3. The lowest BCUT2D eigenvalue weighted by atomic mass is 9.99. The van der Waals surface area contributed by atoms with Gasteiger partial charge in [-0.25, -0.2) is 0 Å². The monoisotopic (exact) mass is 360 g/mol. The third-order valence-electron chi connectivity index (χ3n) is 5.34. The van der Waals surface area contributed by atoms with E-state index in [4.69, 9.17) is 4.74 Å². The minimum atomic E-state index is -0.874. The van der Waals surface area contributed by atoms with Gasteiger partial charge in [-0.15, -0.1) is 0 Å². The van der Waals surface area contributed by atoms with Crippen molar-refractivity contribution in [3.63, 3.8) is 0 Å². The van der Waals surface area contributed by atoms with Crippen LogP contribution in [0.2, 0.25) is 0 Å². The van der Waals surface area contributed by atoms with Crippen LogP contribution in [0.25, 0.3) is 0 Å². The molecule has 0 bridgehead atoms. The van der Waals surface area contributed by atoms with Crippen LogP contribution >= 0.6 is 0 Å². The zero-order chi connectivity index (χ0) is 19.0. The average molecular weight is 360 g/mol. The Kier molecular flexibility index (Phi) is 4.89. The van der Waals surface area contributed by atoms with Gasteiger partial charge in [0, 0.05) is 26.1 Å². The van der Waals surface area contributed by atoms with E-state index in [0.717, 1.165) is 5.56 Å². The minimum Gasteiger partial charge on any atom is -0.495 e. The van der Waals surface area contributed by atoms with Crippen molar-refractivity contribution in [1.82, 2.24) is 4.90 Å². The number of hydrogen-bond donors (Lipinski definition) is 1. The van der Waals surface area contributed by atoms with E-state index in [2.05, 4.69) is 0 Å². The Bertz CT molecular complexity index is 747. The molecule has 3 atom stereocenters. The van der Waals surface area contributed by atoms with Gasteiger partial charge in [0.25, 0.3) is 0 Å². The molecule has 2 saturated heterocycles. The highest BCUT2D eigenvalue weighted by Gasteiger charge is 2.43. The maximum atomic E-state index is 12.8. The lowest BCUT2D eigenvalue weighted by Crippen LogP contribution is -2.36. The highest BCUT2D eigenvalue weighted by Crippen LogP contribution is 2.35. The minimum absolute atomic E-state index is 0.0819. The Morgan fingerprint density at radius 2 is 1.96 bits per heavy atom. The van der Waals surface area contributed by atoms with Crippen LogP contribution < -0.4 is 9.64 Å². The molecule has 1 unspecified atom stereocenters. The van der Waals surface area contributed by atoms with Gasteiger partial charge in [-0.1, -0.05) is 13.0 Å². The second-order valence-corrected chi connectivity index (χ2v) is 7.25. The Balaban J connectivity index is 1.75. The highest BCUT2D eigenvalue weighted by molar-refractivity contribution is 6.01. The number of aryl methyl sites for hydroxylation is 1. The van der Waals surface area contributed by atoms with Crippen molar-refractivity contribution in [2.45, 2.75) is 20.3 Å². The van der Waals surface area contributed by atoms with E-state index in [-0.39, 0.29) is 30.7 Å². The van der Waals surface area contributed by atoms with Crippen molar-refractivity contribution in [1.29, 1.82) is 0 Å². The van der Waals surface area contributed by atoms with Crippen LogP contribution in [-0.4, -0.2) is 54.5 Å². The molecule has 2 aliphatic heterocycles. The number of nitrogens with zero attached hydrogens (tertiary/aromatic N) is 2. The number of anilines is 1. The first-order valence-corrected chi connectivity index (χ1v) is 8.78. The van der Waals surface area contributed by atoms with Crippen LogP contribution in [0.15, 0.2) is 18.2 Å². The number of carboxylic acid groups (broad SMARTS) is 1. The average Bonchev–Trinajstić information content (AvgIpc) is 3.17. The predicted molar refractivity (Wildman–Crippen MR) is 95.1 cm³/mol. The van der Waals surface area contributed by atoms with Crippen molar-refractivity contribution >= 4 is 23.5 Å². The Labute approximate surface area is 152 Å². The molecule has 2 amide bonds. The van der Waals surface area contributed by atoms with Crippen LogP contribution in [-0.2, 0) is 14.4 Å². The number of rotatable bonds is 4. The SMILES string of the molecule is COc1ccc(C)cc1N1CC(C(=O)N2C[C@@H](C)[C@H](C(=O)O)C2)CC1=O. The molecule has 2 heterocycles. The first-order valence-electron chi connectivity index (χ1n) is 8.78. The first-order chi connectivity index (χ1) is 12.3. The lowest BCUT2D eigenvalue weighted by molar-refractivity contribution is -0.142. The molecule has 0 saturated carbocycles. The van der Waals surface area contributed by atoms with Gasteiger partial charge in [-0.05, 0) is 30.5 Å². The van der Waals surface area contributed by atoms with Gasteiger partial charge in [0.2, 0.25) is 11.8 Å². The molecular weight excluding hydrogens is 336 g/mol. The summed E-state index contributed by atoms with van der Waals surface area (Å²) in [5.74, 6) is -1.60. The van der Waals surface area contributed by atoms with Gasteiger partial charge in [-0.2, -0.15) is 0 Å². The Hall–Kier alpha value is -2.57. The number of ether oxygens (including phenoxy) is 1. The number of carbonyl (C=O) groups excluding carboxylic acids is 2. The smallest absolute Gasteiger partial charge is 0.308 e. The summed E-state index contributed by atoms with van der Waals surface area (Å²) in [5, 5.41) is 9.25. The largest absolute Gasteiger partial charge is 0.495 e. The van der Waals surface area contributed by atoms with E-state index >= 15 is 0 Å². The third kappa shape index (κ3) is 3.25. The van der Waals surface area contributed by atoms with Gasteiger partial charge in [0.15, 0.2) is 0 Å². The van der Waals surface area contributed by atoms with E-state index in [0.29, 0.717) is 24.5 Å². The molecule has 1 N–H and O–H groups in total. The number of amides is 2. The standard InChI is InChI=1S/C19H24N2O5/c1-11-4-5-16(26-3)15(6-11)21-9-13(7-17(21)22)18(23)20-8-12(2)14(10-20)19(24)25/h4-6,12-14H,7-10H2,1-3H3,(H,24,25)/t12-,13?,14-/m1/s1. The lowest BCUT2D eigenvalue weighted by Gasteiger charge is -2.22. The third-order valence-corrected chi connectivity index (χ3v) is 5.34. The van der Waals surface area contributed by atoms with E-state index < -0.39 is 17.8 Å². The van der Waals surface area contributed by atoms with Crippen molar-refractivity contribution in [3.8, 4) is 5.75 Å². The van der Waals surface area contributed by atoms with Gasteiger partial charge >= 0.3 is 5.97 Å². The maximum absolute atomic E-state index is 12.8. The summed E-state index contributed by atoms with van der Waals surface area (Å²) in [5.41, 5.74) is 1.67. The van der Waals surface area contributed by atoms with Crippen LogP contribution in [0.1, 0.15) is 18.9 Å². The molecule has 1 aromatic rings. The molecule has 0 aromatic heterocycles. The summed E-state index contributed by atoms with van der Waals surface area (Å²) in [4.78, 5) is 39.8. The maximum Gasteiger partial charge on any atom is 0.308 e. The van der Waals surface area contributed by atoms with Crippen LogP contribution in [0.3, 0.4) is 0 Å². The molecular formula is C19H24N2O5. The fourth-order valence-electron chi connectivity index (χ4n) is 3.84. The van der Waals surface area contributed by atoms with E-state index in [1.165, 1.54) is 0 Å². The Morgan fingerprint density at radius 3 is 2.58 bits per heavy atom. The summed E-state index contributed by atoms with van der Waals surface area (Å²) in [6.07, 6.45) is 0.137. The number of benzene rings is 1. The van der Waals surface area contributed by atoms with Gasteiger partial charge < -0.3 is 19.6 Å². The van der Waals surface area contributed by atoms with Crippen molar-refractivity contribution in [2.75, 3.05) is 31.6 Å². The van der Waals surface area contributed by atoms with Gasteiger partial charge in [0.1, 0.15) is 5.75 Å². The van der Waals surface area contributed by atoms with Crippen molar-refractivity contribution in [3.05, 3.63) is 23.8 Å². The van der Waals surface area contributed by atoms with E-state index in [1.807, 2.05) is 32.0 Å². The molecule has 0 radical (unpaired) electrons. The quantitative estimate of drug-likeness (QED) is 0.880. The van der Waals surface area contributed by atoms with Crippen LogP contribution in [0, 0.1) is 24.7 Å². The number of methoxy groups -OCH3 is 1. The zero-order valence-corrected chi connectivity index (χ0v) is 15.3. The van der Waals surface area contributed by atoms with Gasteiger partial charge in [0.05, 0.1) is 24.6 Å². The van der Waals surface area contributed by atoms with E-state index in [1.54, 1.807) is 16.9 Å². The second kappa shape index (κ2) is 6.97. The van der Waals surface area contributed by atoms with E-state index in [9.17, 15) is 19.5 Å². The molecule has 1 aromatic carbocycles. The number of carboxylic acids is 1. The number of hydrogen-bond acceptors (Lipinski definition) is 4. The summed E-state index contributed by atoms with van der Waals surface area (Å²) in [6.45, 7) is 4.71. The van der Waals surface area contributed by atoms with Crippen molar-refractivity contribution in [2.24, 2.45) is 17.8 Å². The molecule has 0 spiro atoms. The summed E-state index contributed by atoms with van der Waals surface area (Å²) < 4.78 is 5.36. The molecule has 7 nitrogen and oxygen atoms in total. The fraction of sp³-hybridized carbons (Fsp3) is 0.526. The molecule has 26 heavy (non-hydrogen) atoms. The molecule has 0 aliphatic carbocycles. The fourth-order valence-corrected chi connectivity index (χ4v) is 3.84. The summed E-state index contributed by atoms with van der Waals surface area (Å²) in [7, 11) is 1.55. The number of aliphatic carboxylic acids is 1. The summed E-state index contributed by atoms with van der Waals surface area (Å²) >= 11 is 0. The normalized spacial score (nSPS) is 25.7. The molecule has 140 valence electrons. The topological polar surface area (TPSA) is 87.2 Å². The highest BCUT2D eigenvalue weighted by atomic mass is 16.5. The molecule has 3 rings (SSSR count). The van der Waals surface area contributed by atoms with Crippen LogP contribution in [0.4, 0.5) is 5.69 Å². The number of likely N-dealkylation sites (tertiary alicyclic amines) is 1. The van der Waals surface area contributed by atoms with Crippen LogP contribution in [0.5, 0.6) is 5.75 Å². The first kappa shape index (κ1) is 18.2. The predicted octanol–water partition coefficient (Wildman–Crippen LogP) is 1.54. The second-order valence-electron chi connectivity index (χ2n) is 7.25. The summed E-state index contributed by atoms with van der Waals surface area (Å²) in [6, 6.07) is 5.60. The molecule has 2 aliphatic rings.